The average molecular weight is 546 g/mol. The lowest BCUT2D eigenvalue weighted by Crippen LogP contribution is -2.47. The summed E-state index contributed by atoms with van der Waals surface area (Å²) in [6.07, 6.45) is 0.528. The standard InChI is InChI=1S/C21H39BN6O8S/c1-18(2,3)34-17(31)24-11-12-25-37(32,33)28-13-15(21(14-28,16(29)30)26-27-23)9-8-10-22-35-19(4,5)20(6,7)36-22/h15,25H,8-14H2,1-7H3,(H,24,31)(H,29,30)/t15-,21-/m0/s1. The second kappa shape index (κ2) is 11.3. The Hall–Kier alpha value is -2.10. The molecule has 0 aromatic rings. The molecule has 3 N–H and O–H groups in total. The molecule has 0 aromatic heterocycles. The quantitative estimate of drug-likeness (QED) is 0.115. The highest BCUT2D eigenvalue weighted by atomic mass is 32.2. The Morgan fingerprint density at radius 3 is 2.32 bits per heavy atom. The molecule has 2 aliphatic heterocycles. The van der Waals surface area contributed by atoms with Crippen LogP contribution in [-0.4, -0.2) is 85.5 Å². The van der Waals surface area contributed by atoms with Crippen molar-refractivity contribution in [1.29, 1.82) is 0 Å². The summed E-state index contributed by atoms with van der Waals surface area (Å²) < 4.78 is 46.1. The summed E-state index contributed by atoms with van der Waals surface area (Å²) in [5.41, 5.74) is 5.43. The molecule has 37 heavy (non-hydrogen) atoms. The number of hydrogen-bond acceptors (Lipinski definition) is 8. The minimum atomic E-state index is -4.13. The Balaban J connectivity index is 2.01. The Morgan fingerprint density at radius 2 is 1.81 bits per heavy atom. The average Bonchev–Trinajstić information content (AvgIpc) is 3.19. The number of ether oxygens (including phenoxy) is 1. The van der Waals surface area contributed by atoms with E-state index in [1.807, 2.05) is 27.7 Å². The van der Waals surface area contributed by atoms with Gasteiger partial charge in [-0.25, -0.2) is 9.52 Å². The zero-order valence-corrected chi connectivity index (χ0v) is 23.4. The smallest absolute Gasteiger partial charge is 0.457 e. The lowest BCUT2D eigenvalue weighted by Gasteiger charge is -2.32. The van der Waals surface area contributed by atoms with Crippen molar-refractivity contribution in [2.75, 3.05) is 26.2 Å². The molecule has 2 aliphatic rings. The summed E-state index contributed by atoms with van der Waals surface area (Å²) in [4.78, 5) is 26.7. The summed E-state index contributed by atoms with van der Waals surface area (Å²) in [7, 11) is -4.61. The van der Waals surface area contributed by atoms with Crippen LogP contribution >= 0.6 is 0 Å². The third-order valence-corrected chi connectivity index (χ3v) is 8.35. The van der Waals surface area contributed by atoms with Gasteiger partial charge in [0.05, 0.1) is 11.2 Å². The molecule has 2 saturated heterocycles. The molecular weight excluding hydrogens is 507 g/mol. The largest absolute Gasteiger partial charge is 0.481 e. The fourth-order valence-corrected chi connectivity index (χ4v) is 5.50. The highest BCUT2D eigenvalue weighted by Gasteiger charge is 2.55. The highest BCUT2D eigenvalue weighted by Crippen LogP contribution is 2.40. The second-order valence-corrected chi connectivity index (χ2v) is 13.1. The van der Waals surface area contributed by atoms with E-state index >= 15 is 0 Å². The van der Waals surface area contributed by atoms with E-state index in [0.29, 0.717) is 12.7 Å². The van der Waals surface area contributed by atoms with E-state index in [-0.39, 0.29) is 26.1 Å². The van der Waals surface area contributed by atoms with Crippen LogP contribution in [0, 0.1) is 5.92 Å². The van der Waals surface area contributed by atoms with Crippen LogP contribution in [0.2, 0.25) is 6.32 Å². The minimum Gasteiger partial charge on any atom is -0.481 e. The molecule has 0 bridgehead atoms. The Kier molecular flexibility index (Phi) is 9.54. The zero-order chi connectivity index (χ0) is 28.3. The molecule has 2 atom stereocenters. The van der Waals surface area contributed by atoms with Gasteiger partial charge in [-0.1, -0.05) is 11.5 Å². The van der Waals surface area contributed by atoms with E-state index in [4.69, 9.17) is 19.6 Å². The van der Waals surface area contributed by atoms with Crippen LogP contribution in [0.25, 0.3) is 10.4 Å². The maximum atomic E-state index is 12.9. The summed E-state index contributed by atoms with van der Waals surface area (Å²) in [5, 5.41) is 15.9. The molecule has 0 spiro atoms. The lowest BCUT2D eigenvalue weighted by molar-refractivity contribution is -0.144. The first-order chi connectivity index (χ1) is 16.9. The molecule has 0 aromatic carbocycles. The van der Waals surface area contributed by atoms with E-state index in [1.165, 1.54) is 0 Å². The molecule has 210 valence electrons. The van der Waals surface area contributed by atoms with Crippen LogP contribution in [0.3, 0.4) is 0 Å². The van der Waals surface area contributed by atoms with Crippen molar-refractivity contribution in [3.8, 4) is 0 Å². The van der Waals surface area contributed by atoms with E-state index in [1.54, 1.807) is 20.8 Å². The van der Waals surface area contributed by atoms with Crippen molar-refractivity contribution in [2.45, 2.75) is 90.0 Å². The summed E-state index contributed by atoms with van der Waals surface area (Å²) >= 11 is 0. The summed E-state index contributed by atoms with van der Waals surface area (Å²) in [6.45, 7) is 12.0. The molecule has 2 fully saturated rings. The number of carboxylic acid groups (broad SMARTS) is 1. The van der Waals surface area contributed by atoms with E-state index in [0.717, 1.165) is 4.31 Å². The molecular formula is C21H39BN6O8S. The van der Waals surface area contributed by atoms with Crippen molar-refractivity contribution in [3.63, 3.8) is 0 Å². The molecule has 2 rings (SSSR count). The fourth-order valence-electron chi connectivity index (χ4n) is 4.21. The number of aliphatic carboxylic acids is 1. The number of carbonyl (C=O) groups excluding carboxylic acids is 1. The molecule has 14 nitrogen and oxygen atoms in total. The van der Waals surface area contributed by atoms with Gasteiger partial charge >= 0.3 is 19.2 Å². The van der Waals surface area contributed by atoms with Gasteiger partial charge < -0.3 is 24.5 Å². The molecule has 2 heterocycles. The Morgan fingerprint density at radius 1 is 1.22 bits per heavy atom. The third kappa shape index (κ3) is 7.71. The number of carboxylic acids is 1. The third-order valence-electron chi connectivity index (χ3n) is 6.82. The second-order valence-electron chi connectivity index (χ2n) is 11.4. The van der Waals surface area contributed by atoms with Crippen molar-refractivity contribution >= 4 is 29.4 Å². The Bertz CT molecular complexity index is 991. The van der Waals surface area contributed by atoms with Gasteiger partial charge in [0, 0.05) is 31.1 Å². The zero-order valence-electron chi connectivity index (χ0n) is 22.6. The molecule has 1 amide bonds. The monoisotopic (exact) mass is 546 g/mol. The van der Waals surface area contributed by atoms with Gasteiger partial charge in [0.1, 0.15) is 5.60 Å². The summed E-state index contributed by atoms with van der Waals surface area (Å²) in [5.74, 6) is -2.16. The van der Waals surface area contributed by atoms with E-state index in [2.05, 4.69) is 20.1 Å². The van der Waals surface area contributed by atoms with E-state index < -0.39 is 64.2 Å². The van der Waals surface area contributed by atoms with Crippen LogP contribution in [0.5, 0.6) is 0 Å². The molecule has 0 aliphatic carbocycles. The molecule has 0 saturated carbocycles. The first-order valence-electron chi connectivity index (χ1n) is 12.2. The lowest BCUT2D eigenvalue weighted by atomic mass is 9.78. The van der Waals surface area contributed by atoms with Gasteiger partial charge in [-0.15, -0.1) is 0 Å². The Labute approximate surface area is 218 Å². The SMILES string of the molecule is CC(C)(C)OC(=O)NCCNS(=O)(=O)N1C[C@H](CCCB2OC(C)(C)C(C)(C)O2)[C@](N=[N+]=[N-])(C(=O)O)C1. The maximum Gasteiger partial charge on any atom is 0.457 e. The number of hydrogen-bond donors (Lipinski definition) is 3. The van der Waals surface area contributed by atoms with Crippen LogP contribution in [0.1, 0.15) is 61.3 Å². The number of rotatable bonds is 11. The van der Waals surface area contributed by atoms with Crippen LogP contribution in [-0.2, 0) is 29.0 Å². The van der Waals surface area contributed by atoms with Crippen molar-refractivity contribution in [3.05, 3.63) is 10.4 Å². The van der Waals surface area contributed by atoms with Gasteiger partial charge in [-0.3, -0.25) is 4.79 Å². The normalized spacial score (nSPS) is 25.5. The number of amides is 1. The number of carbonyl (C=O) groups is 2. The topological polar surface area (TPSA) is 192 Å². The van der Waals surface area contributed by atoms with E-state index in [9.17, 15) is 23.1 Å². The van der Waals surface area contributed by atoms with Gasteiger partial charge in [0.25, 0.3) is 10.2 Å². The number of nitrogens with zero attached hydrogens (tertiary/aromatic N) is 4. The molecule has 16 heteroatoms. The fraction of sp³-hybridized carbons (Fsp3) is 0.905. The predicted octanol–water partition coefficient (Wildman–Crippen LogP) is 2.28. The number of azide groups is 1. The van der Waals surface area contributed by atoms with Crippen molar-refractivity contribution < 1.29 is 37.2 Å². The van der Waals surface area contributed by atoms with Gasteiger partial charge in [-0.05, 0) is 72.7 Å². The number of nitrogens with one attached hydrogen (secondary N) is 2. The maximum absolute atomic E-state index is 12.9. The van der Waals surface area contributed by atoms with Crippen LogP contribution in [0.15, 0.2) is 5.11 Å². The van der Waals surface area contributed by atoms with Gasteiger partial charge in [-0.2, -0.15) is 12.7 Å². The number of alkyl carbamates (subject to hydrolysis) is 1. The van der Waals surface area contributed by atoms with Crippen molar-refractivity contribution in [1.82, 2.24) is 14.3 Å². The highest BCUT2D eigenvalue weighted by molar-refractivity contribution is 7.87. The van der Waals surface area contributed by atoms with Gasteiger partial charge in [0.2, 0.25) is 0 Å². The van der Waals surface area contributed by atoms with Crippen LogP contribution in [0.4, 0.5) is 4.79 Å². The van der Waals surface area contributed by atoms with Crippen LogP contribution < -0.4 is 10.0 Å². The predicted molar refractivity (Wildman–Crippen MR) is 136 cm³/mol. The van der Waals surface area contributed by atoms with Gasteiger partial charge in [0.15, 0.2) is 5.54 Å². The minimum absolute atomic E-state index is 0.0417. The first kappa shape index (κ1) is 31.1. The summed E-state index contributed by atoms with van der Waals surface area (Å²) in [6, 6.07) is 0. The molecule has 0 unspecified atom stereocenters. The molecule has 0 radical (unpaired) electrons. The van der Waals surface area contributed by atoms with Crippen molar-refractivity contribution in [2.24, 2.45) is 11.0 Å². The first-order valence-corrected chi connectivity index (χ1v) is 13.7.